The zero-order valence-corrected chi connectivity index (χ0v) is 30.7. The molecule has 0 spiro atoms. The van der Waals surface area contributed by atoms with E-state index in [1.54, 1.807) is 0 Å². The first-order valence-corrected chi connectivity index (χ1v) is 19.1. The number of amides is 2. The molecule has 1 saturated heterocycles. The summed E-state index contributed by atoms with van der Waals surface area (Å²) in [5.74, 6) is -0.709. The van der Waals surface area contributed by atoms with Crippen LogP contribution in [0.2, 0.25) is 0 Å². The lowest BCUT2D eigenvalue weighted by Gasteiger charge is -2.33. The number of nitro groups is 2. The predicted octanol–water partition coefficient (Wildman–Crippen LogP) is 2.26. The number of non-ortho nitro benzene ring substituents is 2. The second kappa shape index (κ2) is 18.1. The summed E-state index contributed by atoms with van der Waals surface area (Å²) in [7, 11) is -8.44. The molecule has 2 N–H and O–H groups in total. The molecule has 20 nitrogen and oxygen atoms in total. The van der Waals surface area contributed by atoms with Crippen LogP contribution in [-0.4, -0.2) is 100.0 Å². The van der Waals surface area contributed by atoms with Crippen molar-refractivity contribution in [3.8, 4) is 11.5 Å². The van der Waals surface area contributed by atoms with Gasteiger partial charge in [0, 0.05) is 50.4 Å². The van der Waals surface area contributed by atoms with E-state index in [0.29, 0.717) is 37.3 Å². The number of rotatable bonds is 16. The maximum absolute atomic E-state index is 12.5. The molecule has 1 heterocycles. The van der Waals surface area contributed by atoms with E-state index in [4.69, 9.17) is 8.37 Å². The molecule has 0 saturated carbocycles. The Kier molecular flexibility index (Phi) is 13.1. The van der Waals surface area contributed by atoms with Crippen molar-refractivity contribution in [3.63, 3.8) is 0 Å². The molecule has 2 amide bonds. The summed E-state index contributed by atoms with van der Waals surface area (Å²) in [5, 5.41) is 29.5. The van der Waals surface area contributed by atoms with Crippen LogP contribution in [0.3, 0.4) is 0 Å². The molecule has 5 rings (SSSR count). The van der Waals surface area contributed by atoms with Gasteiger partial charge in [-0.2, -0.15) is 27.0 Å². The highest BCUT2D eigenvalue weighted by atomic mass is 32.2. The number of nitrogens with zero attached hydrogens (tertiary/aromatic N) is 6. The molecule has 0 radical (unpaired) electrons. The third kappa shape index (κ3) is 11.7. The first-order valence-electron chi connectivity index (χ1n) is 16.3. The Morgan fingerprint density at radius 3 is 1.21 bits per heavy atom. The Morgan fingerprint density at radius 1 is 0.589 bits per heavy atom. The normalized spacial score (nSPS) is 14.0. The minimum absolute atomic E-state index is 0.00534. The predicted molar refractivity (Wildman–Crippen MR) is 199 cm³/mol. The van der Waals surface area contributed by atoms with Crippen molar-refractivity contribution in [2.45, 2.75) is 9.79 Å². The number of benzene rings is 4. The van der Waals surface area contributed by atoms with Crippen LogP contribution < -0.4 is 19.2 Å². The summed E-state index contributed by atoms with van der Waals surface area (Å²) in [6, 6.07) is 20.2. The van der Waals surface area contributed by atoms with E-state index in [1.807, 2.05) is 9.80 Å². The molecule has 0 unspecified atom stereocenters. The van der Waals surface area contributed by atoms with Crippen LogP contribution in [0.1, 0.15) is 11.1 Å². The van der Waals surface area contributed by atoms with Crippen molar-refractivity contribution in [2.24, 2.45) is 10.2 Å². The number of nitro benzene ring substituents is 2. The Bertz CT molecular complexity index is 2160. The fraction of sp³-hybridized carbons (Fsp3) is 0.176. The molecule has 0 aromatic heterocycles. The molecule has 0 aliphatic carbocycles. The highest BCUT2D eigenvalue weighted by Gasteiger charge is 2.22. The SMILES string of the molecule is O=C(CN1CCN(CC(=O)N/N=C/c2ccc(OS(=O)(=O)c3ccc([N+](=O)[O-])cc3)cc2)CC1)N/N=C/c1ccc(OS(=O)(=O)c2ccc([N+](=O)[O-])cc2)cc1. The quantitative estimate of drug-likeness (QED) is 0.0712. The van der Waals surface area contributed by atoms with Gasteiger partial charge in [-0.3, -0.25) is 39.6 Å². The summed E-state index contributed by atoms with van der Waals surface area (Å²) >= 11 is 0. The molecule has 1 fully saturated rings. The molecule has 4 aromatic rings. The minimum Gasteiger partial charge on any atom is -0.379 e. The van der Waals surface area contributed by atoms with E-state index >= 15 is 0 Å². The maximum Gasteiger partial charge on any atom is 0.339 e. The fourth-order valence-corrected chi connectivity index (χ4v) is 6.84. The molecule has 1 aliphatic heterocycles. The van der Waals surface area contributed by atoms with Crippen molar-refractivity contribution in [2.75, 3.05) is 39.3 Å². The number of hydrazone groups is 2. The van der Waals surface area contributed by atoms with Crippen LogP contribution in [0.4, 0.5) is 11.4 Å². The summed E-state index contributed by atoms with van der Waals surface area (Å²) in [6.07, 6.45) is 2.74. The lowest BCUT2D eigenvalue weighted by molar-refractivity contribution is -0.385. The summed E-state index contributed by atoms with van der Waals surface area (Å²) < 4.78 is 60.1. The largest absolute Gasteiger partial charge is 0.379 e. The van der Waals surface area contributed by atoms with Gasteiger partial charge in [-0.15, -0.1) is 0 Å². The van der Waals surface area contributed by atoms with Gasteiger partial charge in [0.25, 0.3) is 23.2 Å². The van der Waals surface area contributed by atoms with Crippen LogP contribution in [-0.2, 0) is 29.8 Å². The van der Waals surface area contributed by atoms with Gasteiger partial charge in [0.15, 0.2) is 0 Å². The number of piperazine rings is 1. The van der Waals surface area contributed by atoms with Gasteiger partial charge in [0.2, 0.25) is 0 Å². The van der Waals surface area contributed by atoms with E-state index in [0.717, 1.165) is 48.5 Å². The average Bonchev–Trinajstić information content (AvgIpc) is 3.17. The third-order valence-electron chi connectivity index (χ3n) is 7.85. The standard InChI is InChI=1S/C34H32N8O12S2/c43-33(37-35-21-25-1-9-29(10-2-25)53-55(49,50)31-13-5-27(6-14-31)41(45)46)23-39-17-19-40(20-18-39)24-34(44)38-36-22-26-3-11-30(12-4-26)54-56(51,52)32-15-7-28(8-16-32)42(47)48/h1-16,21-22H,17-20,23-24H2,(H,37,43)(H,38,44)/b35-21+,36-22+. The van der Waals surface area contributed by atoms with Crippen LogP contribution in [0.5, 0.6) is 11.5 Å². The Morgan fingerprint density at radius 2 is 0.911 bits per heavy atom. The second-order valence-electron chi connectivity index (χ2n) is 11.9. The first-order chi connectivity index (χ1) is 26.7. The second-order valence-corrected chi connectivity index (χ2v) is 14.9. The lowest BCUT2D eigenvalue weighted by atomic mass is 10.2. The molecule has 56 heavy (non-hydrogen) atoms. The first kappa shape index (κ1) is 40.6. The monoisotopic (exact) mass is 808 g/mol. The highest BCUT2D eigenvalue weighted by molar-refractivity contribution is 7.87. The van der Waals surface area contributed by atoms with Crippen molar-refractivity contribution >= 4 is 55.9 Å². The Labute approximate surface area is 319 Å². The number of hydrogen-bond acceptors (Lipinski definition) is 16. The van der Waals surface area contributed by atoms with Crippen LogP contribution in [0.25, 0.3) is 0 Å². The molecular formula is C34H32N8O12S2. The lowest BCUT2D eigenvalue weighted by Crippen LogP contribution is -2.51. The number of carbonyl (C=O) groups excluding carboxylic acids is 2. The zero-order chi connectivity index (χ0) is 40.3. The van der Waals surface area contributed by atoms with E-state index < -0.39 is 30.1 Å². The van der Waals surface area contributed by atoms with Crippen LogP contribution >= 0.6 is 0 Å². The van der Waals surface area contributed by atoms with Crippen molar-refractivity contribution in [1.82, 2.24) is 20.7 Å². The smallest absolute Gasteiger partial charge is 0.339 e. The fourth-order valence-electron chi connectivity index (χ4n) is 4.98. The van der Waals surface area contributed by atoms with Gasteiger partial charge < -0.3 is 8.37 Å². The Balaban J connectivity index is 0.976. The van der Waals surface area contributed by atoms with Crippen LogP contribution in [0, 0.1) is 20.2 Å². The molecule has 292 valence electrons. The van der Waals surface area contributed by atoms with Gasteiger partial charge in [-0.1, -0.05) is 0 Å². The highest BCUT2D eigenvalue weighted by Crippen LogP contribution is 2.23. The topological polar surface area (TPSA) is 262 Å². The summed E-state index contributed by atoms with van der Waals surface area (Å²) in [4.78, 5) is 48.5. The number of nitrogens with one attached hydrogen (secondary N) is 2. The average molecular weight is 809 g/mol. The number of carbonyl (C=O) groups is 2. The van der Waals surface area contributed by atoms with Gasteiger partial charge in [-0.05, 0) is 83.9 Å². The van der Waals surface area contributed by atoms with Crippen LogP contribution in [0.15, 0.2) is 117 Å². The van der Waals surface area contributed by atoms with E-state index in [1.165, 1.54) is 61.0 Å². The number of hydrogen-bond donors (Lipinski definition) is 2. The van der Waals surface area contributed by atoms with Gasteiger partial charge in [0.1, 0.15) is 21.3 Å². The summed E-state index contributed by atoms with van der Waals surface area (Å²) in [5.41, 5.74) is 5.44. The maximum atomic E-state index is 12.5. The van der Waals surface area contributed by atoms with Gasteiger partial charge in [-0.25, -0.2) is 10.9 Å². The molecule has 0 atom stereocenters. The molecule has 4 aromatic carbocycles. The van der Waals surface area contributed by atoms with Crippen molar-refractivity contribution in [3.05, 3.63) is 128 Å². The summed E-state index contributed by atoms with van der Waals surface area (Å²) in [6.45, 7) is 2.22. The van der Waals surface area contributed by atoms with E-state index in [-0.39, 0.29) is 57.6 Å². The van der Waals surface area contributed by atoms with Crippen molar-refractivity contribution in [1.29, 1.82) is 0 Å². The molecule has 1 aliphatic rings. The van der Waals surface area contributed by atoms with E-state index in [9.17, 15) is 46.7 Å². The molecule has 22 heteroatoms. The van der Waals surface area contributed by atoms with Crippen molar-refractivity contribution < 1.29 is 44.6 Å². The zero-order valence-electron chi connectivity index (χ0n) is 29.0. The Hall–Kier alpha value is -6.62. The van der Waals surface area contributed by atoms with Gasteiger partial charge >= 0.3 is 20.2 Å². The van der Waals surface area contributed by atoms with Gasteiger partial charge in [0.05, 0.1) is 35.4 Å². The molecule has 0 bridgehead atoms. The van der Waals surface area contributed by atoms with E-state index in [2.05, 4.69) is 21.1 Å². The minimum atomic E-state index is -4.22. The third-order valence-corrected chi connectivity index (χ3v) is 10.4. The molecular weight excluding hydrogens is 777 g/mol.